The van der Waals surface area contributed by atoms with E-state index >= 15 is 0 Å². The molecule has 2 heterocycles. The van der Waals surface area contributed by atoms with Gasteiger partial charge in [0.1, 0.15) is 19.6 Å². The van der Waals surface area contributed by atoms with E-state index in [-0.39, 0.29) is 12.3 Å². The van der Waals surface area contributed by atoms with Crippen LogP contribution in [0.4, 0.5) is 0 Å². The Bertz CT molecular complexity index is 1460. The molecule has 0 aromatic heterocycles. The number of amides is 3. The fourth-order valence-corrected chi connectivity index (χ4v) is 5.68. The van der Waals surface area contributed by atoms with Crippen molar-refractivity contribution in [3.05, 3.63) is 87.4 Å². The highest BCUT2D eigenvalue weighted by molar-refractivity contribution is 6.42. The van der Waals surface area contributed by atoms with Crippen LogP contribution in [0.25, 0.3) is 11.1 Å². The molecule has 0 aliphatic carbocycles. The molecule has 0 spiro atoms. The van der Waals surface area contributed by atoms with E-state index in [1.54, 1.807) is 30.3 Å². The van der Waals surface area contributed by atoms with E-state index in [1.807, 2.05) is 24.3 Å². The van der Waals surface area contributed by atoms with Gasteiger partial charge >= 0.3 is 0 Å². The van der Waals surface area contributed by atoms with E-state index in [4.69, 9.17) is 38.5 Å². The number of halogens is 2. The number of carbonyl (C=O) groups excluding carboxylic acids is 3. The lowest BCUT2D eigenvalue weighted by Gasteiger charge is -2.46. The van der Waals surface area contributed by atoms with E-state index in [0.717, 1.165) is 23.1 Å². The fraction of sp³-hybridized carbons (Fsp3) is 0.300. The molecule has 5 rings (SSSR count). The topological polar surface area (TPSA) is 111 Å². The number of morpholine rings is 1. The van der Waals surface area contributed by atoms with E-state index in [0.29, 0.717) is 64.4 Å². The predicted molar refractivity (Wildman–Crippen MR) is 155 cm³/mol. The molecule has 2 aliphatic rings. The second-order valence-corrected chi connectivity index (χ2v) is 11.1. The Morgan fingerprint density at radius 3 is 2.24 bits per heavy atom. The van der Waals surface area contributed by atoms with Gasteiger partial charge in [0.25, 0.3) is 11.8 Å². The Hall–Kier alpha value is -3.63. The highest BCUT2D eigenvalue weighted by Gasteiger charge is 2.41. The van der Waals surface area contributed by atoms with Gasteiger partial charge in [0, 0.05) is 30.0 Å². The van der Waals surface area contributed by atoms with Gasteiger partial charge in [-0.15, -0.1) is 0 Å². The van der Waals surface area contributed by atoms with Crippen molar-refractivity contribution in [3.63, 3.8) is 0 Å². The molecule has 3 N–H and O–H groups in total. The summed E-state index contributed by atoms with van der Waals surface area (Å²) in [4.78, 5) is 43.1. The second-order valence-electron chi connectivity index (χ2n) is 10.3. The van der Waals surface area contributed by atoms with Crippen LogP contribution in [0.15, 0.2) is 60.7 Å². The highest BCUT2D eigenvalue weighted by atomic mass is 35.5. The molecule has 0 radical (unpaired) electrons. The standard InChI is InChI=1S/C30H30Cl2N4O5/c1-35(28(37)17-24-23-16-25(31)26(32)18-27(23)41-34-30(24)39)36(12-14-40-15-13-36)11-10-19-2-4-20(5-3-19)21-6-8-22(9-7-21)29(33)38/h2-9,16,18,24H,10-15,17H2,1H3,(H2-,33,34,38,39)/p+1. The van der Waals surface area contributed by atoms with Gasteiger partial charge in [0.15, 0.2) is 5.75 Å². The number of fused-ring (bicyclic) bond motifs is 1. The minimum Gasteiger partial charge on any atom is -0.379 e. The molecule has 41 heavy (non-hydrogen) atoms. The number of hydroxylamine groups is 1. The summed E-state index contributed by atoms with van der Waals surface area (Å²) < 4.78 is 6.07. The van der Waals surface area contributed by atoms with Crippen molar-refractivity contribution >= 4 is 40.9 Å². The van der Waals surface area contributed by atoms with Crippen molar-refractivity contribution in [2.75, 3.05) is 39.9 Å². The molecule has 1 atom stereocenters. The second kappa shape index (κ2) is 12.1. The van der Waals surface area contributed by atoms with Crippen LogP contribution in [-0.4, -0.2) is 67.2 Å². The number of ether oxygens (including phenoxy) is 1. The summed E-state index contributed by atoms with van der Waals surface area (Å²) in [5.74, 6) is -1.40. The summed E-state index contributed by atoms with van der Waals surface area (Å²) in [5.41, 5.74) is 11.9. The van der Waals surface area contributed by atoms with Gasteiger partial charge in [0.05, 0.1) is 36.2 Å². The lowest BCUT2D eigenvalue weighted by Crippen LogP contribution is -2.66. The van der Waals surface area contributed by atoms with E-state index in [1.165, 1.54) is 6.07 Å². The molecule has 214 valence electrons. The summed E-state index contributed by atoms with van der Waals surface area (Å²) >= 11 is 12.3. The first-order valence-corrected chi connectivity index (χ1v) is 14.1. The maximum absolute atomic E-state index is 13.7. The average Bonchev–Trinajstić information content (AvgIpc) is 2.99. The Kier molecular flexibility index (Phi) is 8.51. The Morgan fingerprint density at radius 2 is 1.61 bits per heavy atom. The van der Waals surface area contributed by atoms with Gasteiger partial charge in [-0.3, -0.25) is 14.4 Å². The SMILES string of the molecule is CN(C(=O)CC1C(=O)NOc2cc(Cl)c(Cl)cc21)[N+]1(CCc2ccc(-c3ccc(C(N)=O)cc3)cc2)CCOCC1. The number of rotatable bonds is 8. The summed E-state index contributed by atoms with van der Waals surface area (Å²) in [7, 11) is 1.79. The first kappa shape index (κ1) is 28.9. The molecule has 0 bridgehead atoms. The zero-order chi connectivity index (χ0) is 29.1. The van der Waals surface area contributed by atoms with Crippen molar-refractivity contribution in [2.45, 2.75) is 18.8 Å². The third-order valence-corrected chi connectivity index (χ3v) is 8.68. The van der Waals surface area contributed by atoms with Crippen LogP contribution < -0.4 is 16.1 Å². The lowest BCUT2D eigenvalue weighted by molar-refractivity contribution is -1.03. The Morgan fingerprint density at radius 1 is 1.00 bits per heavy atom. The van der Waals surface area contributed by atoms with Crippen LogP contribution in [0, 0.1) is 0 Å². The minimum atomic E-state index is -0.755. The average molecular weight is 599 g/mol. The third kappa shape index (κ3) is 6.18. The van der Waals surface area contributed by atoms with Crippen LogP contribution in [0.1, 0.15) is 33.8 Å². The van der Waals surface area contributed by atoms with Crippen LogP contribution in [0.2, 0.25) is 10.0 Å². The molecule has 3 amide bonds. The van der Waals surface area contributed by atoms with E-state index in [2.05, 4.69) is 17.6 Å². The summed E-state index contributed by atoms with van der Waals surface area (Å²) in [6, 6.07) is 18.6. The van der Waals surface area contributed by atoms with Crippen molar-refractivity contribution in [3.8, 4) is 16.9 Å². The van der Waals surface area contributed by atoms with E-state index in [9.17, 15) is 14.4 Å². The quantitative estimate of drug-likeness (QED) is 0.379. The molecule has 1 saturated heterocycles. The van der Waals surface area contributed by atoms with Crippen molar-refractivity contribution in [2.24, 2.45) is 5.73 Å². The zero-order valence-electron chi connectivity index (χ0n) is 22.6. The number of benzene rings is 3. The summed E-state index contributed by atoms with van der Waals surface area (Å²) in [5, 5.41) is 2.34. The minimum absolute atomic E-state index is 0.0409. The number of nitrogens with zero attached hydrogens (tertiary/aromatic N) is 2. The maximum Gasteiger partial charge on any atom is 0.268 e. The first-order valence-electron chi connectivity index (χ1n) is 13.3. The molecule has 9 nitrogen and oxygen atoms in total. The van der Waals surface area contributed by atoms with Gasteiger partial charge in [-0.1, -0.05) is 59.6 Å². The molecule has 3 aromatic rings. The van der Waals surface area contributed by atoms with Gasteiger partial charge in [-0.2, -0.15) is 10.5 Å². The molecule has 0 saturated carbocycles. The number of primary amides is 1. The number of hydrogen-bond acceptors (Lipinski definition) is 5. The molecular weight excluding hydrogens is 567 g/mol. The number of carbonyl (C=O) groups is 3. The van der Waals surface area contributed by atoms with Gasteiger partial charge in [-0.25, -0.2) is 4.59 Å². The monoisotopic (exact) mass is 597 g/mol. The molecule has 11 heteroatoms. The Labute approximate surface area is 248 Å². The fourth-order valence-electron chi connectivity index (χ4n) is 5.35. The normalized spacial score (nSPS) is 17.6. The zero-order valence-corrected chi connectivity index (χ0v) is 24.1. The van der Waals surface area contributed by atoms with Crippen molar-refractivity contribution in [1.82, 2.24) is 10.5 Å². The molecule has 2 aliphatic heterocycles. The van der Waals surface area contributed by atoms with E-state index < -0.39 is 17.7 Å². The highest BCUT2D eigenvalue weighted by Crippen LogP contribution is 2.38. The number of hydrogen-bond donors (Lipinski definition) is 2. The molecular formula is C30H31Cl2N4O5+. The number of quaternary nitrogens is 1. The van der Waals surface area contributed by atoms with Crippen LogP contribution in [0.3, 0.4) is 0 Å². The smallest absolute Gasteiger partial charge is 0.268 e. The van der Waals surface area contributed by atoms with Crippen LogP contribution in [-0.2, 0) is 20.7 Å². The van der Waals surface area contributed by atoms with Crippen molar-refractivity contribution < 1.29 is 28.6 Å². The number of nitrogens with one attached hydrogen (secondary N) is 1. The molecule has 1 fully saturated rings. The number of nitrogens with two attached hydrogens (primary N) is 1. The summed E-state index contributed by atoms with van der Waals surface area (Å²) in [6.07, 6.45) is 0.702. The summed E-state index contributed by atoms with van der Waals surface area (Å²) in [6.45, 7) is 3.05. The first-order chi connectivity index (χ1) is 19.7. The molecule has 3 aromatic carbocycles. The van der Waals surface area contributed by atoms with Gasteiger partial charge in [-0.05, 0) is 34.9 Å². The van der Waals surface area contributed by atoms with Gasteiger partial charge < -0.3 is 15.3 Å². The maximum atomic E-state index is 13.7. The Balaban J connectivity index is 1.29. The van der Waals surface area contributed by atoms with Crippen LogP contribution in [0.5, 0.6) is 5.75 Å². The van der Waals surface area contributed by atoms with Crippen LogP contribution >= 0.6 is 23.2 Å². The predicted octanol–water partition coefficient (Wildman–Crippen LogP) is 4.12. The largest absolute Gasteiger partial charge is 0.379 e. The lowest BCUT2D eigenvalue weighted by atomic mass is 9.92. The van der Waals surface area contributed by atoms with Gasteiger partial charge in [0.2, 0.25) is 5.91 Å². The van der Waals surface area contributed by atoms with Crippen molar-refractivity contribution in [1.29, 1.82) is 0 Å². The molecule has 1 unspecified atom stereocenters. The third-order valence-electron chi connectivity index (χ3n) is 7.96.